The molecule has 1 rings (SSSR count). The Morgan fingerprint density at radius 1 is 1.19 bits per heavy atom. The van der Waals surface area contributed by atoms with Gasteiger partial charge in [0.15, 0.2) is 0 Å². The molecular weight excluding hydrogens is 357 g/mol. The van der Waals surface area contributed by atoms with Crippen LogP contribution in [0.15, 0.2) is 12.1 Å². The number of hydrogen-bond donors (Lipinski definition) is 1. The molecule has 1 aromatic carbocycles. The zero-order valence-corrected chi connectivity index (χ0v) is 13.4. The molecule has 0 aliphatic rings. The van der Waals surface area contributed by atoms with Crippen molar-refractivity contribution in [2.75, 3.05) is 20.8 Å². The minimum absolute atomic E-state index is 0.188. The molecule has 1 aromatic rings. The van der Waals surface area contributed by atoms with Gasteiger partial charge in [-0.05, 0) is 0 Å². The average molecular weight is 374 g/mol. The van der Waals surface area contributed by atoms with E-state index in [0.717, 1.165) is 5.56 Å². The molecule has 0 atom stereocenters. The second kappa shape index (κ2) is 7.87. The molecule has 0 unspecified atom stereocenters. The van der Waals surface area contributed by atoms with Crippen molar-refractivity contribution in [3.05, 3.63) is 17.7 Å². The molecule has 0 aliphatic heterocycles. The van der Waals surface area contributed by atoms with Crippen molar-refractivity contribution < 1.29 is 27.0 Å². The van der Waals surface area contributed by atoms with Crippen LogP contribution in [-0.2, 0) is 6.42 Å². The van der Waals surface area contributed by atoms with E-state index in [-0.39, 0.29) is 10.2 Å². The summed E-state index contributed by atoms with van der Waals surface area (Å²) in [5, 5.41) is 0. The van der Waals surface area contributed by atoms with Gasteiger partial charge in [0.05, 0.1) is 0 Å². The summed E-state index contributed by atoms with van der Waals surface area (Å²) in [7, 11) is 2.76. The number of ether oxygens (including phenoxy) is 2. The average Bonchev–Trinajstić information content (AvgIpc) is 2.38. The van der Waals surface area contributed by atoms with E-state index in [1.54, 1.807) is 6.07 Å². The van der Waals surface area contributed by atoms with Crippen LogP contribution in [-0.4, -0.2) is 47.0 Å². The molecule has 0 heterocycles. The van der Waals surface area contributed by atoms with Crippen molar-refractivity contribution in [1.29, 1.82) is 0 Å². The summed E-state index contributed by atoms with van der Waals surface area (Å²) in [6.45, 7) is 0.367. The van der Waals surface area contributed by atoms with Crippen LogP contribution in [0.1, 0.15) is 12.0 Å². The number of alkyl halides is 4. The number of hydrogen-bond acceptors (Lipinski definition) is 3. The van der Waals surface area contributed by atoms with Gasteiger partial charge in [0, 0.05) is 0 Å². The van der Waals surface area contributed by atoms with Crippen molar-refractivity contribution in [3.63, 3.8) is 0 Å². The van der Waals surface area contributed by atoms with Crippen molar-refractivity contribution in [3.8, 4) is 11.5 Å². The number of rotatable bonds is 8. The van der Waals surface area contributed by atoms with E-state index in [1.165, 1.54) is 20.3 Å². The molecule has 0 bridgehead atoms. The van der Waals surface area contributed by atoms with E-state index >= 15 is 0 Å². The van der Waals surface area contributed by atoms with E-state index in [0.29, 0.717) is 18.7 Å². The van der Waals surface area contributed by atoms with E-state index in [2.05, 4.69) is 0 Å². The van der Waals surface area contributed by atoms with Gasteiger partial charge in [-0.1, -0.05) is 0 Å². The van der Waals surface area contributed by atoms with Crippen molar-refractivity contribution in [2.45, 2.75) is 24.1 Å². The Morgan fingerprint density at radius 3 is 2.29 bits per heavy atom. The zero-order chi connectivity index (χ0) is 16.0. The summed E-state index contributed by atoms with van der Waals surface area (Å²) < 4.78 is 62.0. The fourth-order valence-corrected chi connectivity index (χ4v) is 3.72. The Hall–Kier alpha value is -0.981. The maximum absolute atomic E-state index is 13.6. The van der Waals surface area contributed by atoms with Crippen LogP contribution in [0.3, 0.4) is 0 Å². The first-order chi connectivity index (χ1) is 9.82. The van der Waals surface area contributed by atoms with Crippen molar-refractivity contribution in [1.82, 2.24) is 0 Å². The fraction of sp³-hybridized carbons (Fsp3) is 0.538. The molecule has 0 aromatic heterocycles. The second-order valence-electron chi connectivity index (χ2n) is 4.19. The third-order valence-electron chi connectivity index (χ3n) is 2.63. The summed E-state index contributed by atoms with van der Waals surface area (Å²) in [6.07, 6.45) is -4.00. The third kappa shape index (κ3) is 5.37. The second-order valence-corrected chi connectivity index (χ2v) is 6.79. The van der Waals surface area contributed by atoms with Gasteiger partial charge >= 0.3 is 126 Å². The number of methoxy groups -OCH3 is 2. The van der Waals surface area contributed by atoms with Crippen LogP contribution < -0.4 is 19.7 Å². The summed E-state index contributed by atoms with van der Waals surface area (Å²) in [4.78, 5) is -3.45. The predicted octanol–water partition coefficient (Wildman–Crippen LogP) is 1.78. The van der Waals surface area contributed by atoms with Crippen molar-refractivity contribution >= 4 is 19.4 Å². The molecule has 0 spiro atoms. The normalized spacial score (nSPS) is 11.8. The maximum atomic E-state index is 13.6. The topological polar surface area (TPSA) is 44.5 Å². The number of halogens is 4. The molecule has 2 N–H and O–H groups in total. The van der Waals surface area contributed by atoms with Gasteiger partial charge in [-0.25, -0.2) is 0 Å². The standard InChI is InChI=1S/C13H17F4NO2Se/c1-19-9-6-11(21-13(16,17)7-12(14)15)10(20-2)5-8(9)3-4-18/h5-6,12H,3-4,7,18H2,1-2H3. The van der Waals surface area contributed by atoms with Crippen LogP contribution in [0, 0.1) is 0 Å². The molecule has 120 valence electrons. The summed E-state index contributed by atoms with van der Waals surface area (Å²) >= 11 is -1.48. The molecule has 0 aliphatic carbocycles. The monoisotopic (exact) mass is 375 g/mol. The van der Waals surface area contributed by atoms with Crippen LogP contribution in [0.2, 0.25) is 0 Å². The molecular formula is C13H17F4NO2Se. The molecule has 0 radical (unpaired) electrons. The summed E-state index contributed by atoms with van der Waals surface area (Å²) in [5.41, 5.74) is 6.20. The first kappa shape index (κ1) is 18.1. The first-order valence-electron chi connectivity index (χ1n) is 6.13. The molecule has 0 amide bonds. The van der Waals surface area contributed by atoms with Gasteiger partial charge in [0.25, 0.3) is 0 Å². The van der Waals surface area contributed by atoms with E-state index < -0.39 is 32.6 Å². The number of benzene rings is 1. The van der Waals surface area contributed by atoms with Crippen molar-refractivity contribution in [2.24, 2.45) is 5.73 Å². The Bertz CT molecular complexity index is 472. The van der Waals surface area contributed by atoms with Gasteiger partial charge < -0.3 is 0 Å². The fourth-order valence-electron chi connectivity index (χ4n) is 1.75. The molecule has 8 heteroatoms. The van der Waals surface area contributed by atoms with Gasteiger partial charge in [-0.2, -0.15) is 0 Å². The number of nitrogens with two attached hydrogens (primary N) is 1. The van der Waals surface area contributed by atoms with Gasteiger partial charge in [-0.15, -0.1) is 0 Å². The van der Waals surface area contributed by atoms with Gasteiger partial charge in [0.2, 0.25) is 0 Å². The molecule has 3 nitrogen and oxygen atoms in total. The third-order valence-corrected chi connectivity index (χ3v) is 4.74. The summed E-state index contributed by atoms with van der Waals surface area (Å²) in [6, 6.07) is 2.99. The first-order valence-corrected chi connectivity index (χ1v) is 7.84. The van der Waals surface area contributed by atoms with E-state index in [1.807, 2.05) is 0 Å². The Labute approximate surface area is 126 Å². The minimum atomic E-state index is -3.45. The quantitative estimate of drug-likeness (QED) is 0.558. The Balaban J connectivity index is 3.11. The Kier molecular flexibility index (Phi) is 6.77. The molecule has 0 saturated carbocycles. The van der Waals surface area contributed by atoms with Crippen LogP contribution in [0.25, 0.3) is 0 Å². The predicted molar refractivity (Wildman–Crippen MR) is 73.3 cm³/mol. The van der Waals surface area contributed by atoms with Gasteiger partial charge in [-0.3, -0.25) is 0 Å². The molecule has 0 saturated heterocycles. The summed E-state index contributed by atoms with van der Waals surface area (Å²) in [5.74, 6) is 0.652. The van der Waals surface area contributed by atoms with Crippen LogP contribution in [0.4, 0.5) is 17.6 Å². The van der Waals surface area contributed by atoms with Gasteiger partial charge in [0.1, 0.15) is 0 Å². The zero-order valence-electron chi connectivity index (χ0n) is 11.7. The van der Waals surface area contributed by atoms with E-state index in [9.17, 15) is 17.6 Å². The SMILES string of the molecule is COc1cc([Se]C(F)(F)CC(F)F)c(OC)cc1CCN. The van der Waals surface area contributed by atoms with Crippen LogP contribution >= 0.6 is 0 Å². The Morgan fingerprint density at radius 2 is 1.81 bits per heavy atom. The molecule has 0 fully saturated rings. The van der Waals surface area contributed by atoms with Crippen LogP contribution in [0.5, 0.6) is 11.5 Å². The van der Waals surface area contributed by atoms with E-state index in [4.69, 9.17) is 15.2 Å². The molecule has 21 heavy (non-hydrogen) atoms.